The number of aliphatic hydroxyl groups is 1. The van der Waals surface area contributed by atoms with Crippen LogP contribution in [0.15, 0.2) is 16.6 Å². The summed E-state index contributed by atoms with van der Waals surface area (Å²) in [5.74, 6) is -0.301. The maximum Gasteiger partial charge on any atom is 0.171 e. The molecule has 4 heteroatoms. The van der Waals surface area contributed by atoms with Crippen molar-refractivity contribution in [2.45, 2.75) is 18.4 Å². The van der Waals surface area contributed by atoms with Gasteiger partial charge in [-0.2, -0.15) is 0 Å². The van der Waals surface area contributed by atoms with Crippen molar-refractivity contribution in [3.8, 4) is 5.75 Å². The first kappa shape index (κ1) is 9.93. The molecule has 1 aromatic carbocycles. The molecular weight excluding hydrogens is 251 g/mol. The van der Waals surface area contributed by atoms with E-state index in [-0.39, 0.29) is 5.75 Å². The molecule has 1 fully saturated rings. The Bertz CT molecular complexity index is 375. The zero-order chi connectivity index (χ0) is 10.3. The number of benzene rings is 1. The van der Waals surface area contributed by atoms with Crippen LogP contribution in [-0.2, 0) is 5.60 Å². The first-order chi connectivity index (χ1) is 6.57. The first-order valence-electron chi connectivity index (χ1n) is 4.33. The molecule has 2 rings (SSSR count). The van der Waals surface area contributed by atoms with Crippen molar-refractivity contribution in [1.29, 1.82) is 0 Å². The van der Waals surface area contributed by atoms with Crippen molar-refractivity contribution in [3.63, 3.8) is 0 Å². The Morgan fingerprint density at radius 1 is 1.50 bits per heavy atom. The Balaban J connectivity index is 2.54. The maximum absolute atomic E-state index is 13.7. The lowest BCUT2D eigenvalue weighted by Gasteiger charge is -2.12. The Morgan fingerprint density at radius 3 is 2.64 bits per heavy atom. The van der Waals surface area contributed by atoms with E-state index in [0.29, 0.717) is 22.9 Å². The van der Waals surface area contributed by atoms with Crippen molar-refractivity contribution in [1.82, 2.24) is 0 Å². The van der Waals surface area contributed by atoms with Gasteiger partial charge < -0.3 is 9.84 Å². The van der Waals surface area contributed by atoms with Crippen LogP contribution in [0, 0.1) is 5.82 Å². The third-order valence-electron chi connectivity index (χ3n) is 2.45. The minimum atomic E-state index is -0.971. The van der Waals surface area contributed by atoms with Gasteiger partial charge in [-0.3, -0.25) is 0 Å². The summed E-state index contributed by atoms with van der Waals surface area (Å²) in [7, 11) is 1.41. The van der Waals surface area contributed by atoms with Crippen LogP contribution in [0.3, 0.4) is 0 Å². The number of ether oxygens (including phenoxy) is 1. The van der Waals surface area contributed by atoms with Gasteiger partial charge in [-0.15, -0.1) is 0 Å². The highest BCUT2D eigenvalue weighted by Gasteiger charge is 2.44. The van der Waals surface area contributed by atoms with Crippen molar-refractivity contribution in [3.05, 3.63) is 28.0 Å². The lowest BCUT2D eigenvalue weighted by molar-refractivity contribution is 0.145. The summed E-state index contributed by atoms with van der Waals surface area (Å²) >= 11 is 3.25. The molecule has 1 N–H and O–H groups in total. The lowest BCUT2D eigenvalue weighted by atomic mass is 10.1. The summed E-state index contributed by atoms with van der Waals surface area (Å²) in [6.07, 6.45) is 1.23. The fourth-order valence-corrected chi connectivity index (χ4v) is 1.88. The summed E-state index contributed by atoms with van der Waals surface area (Å²) in [6, 6.07) is 3.15. The molecule has 1 aliphatic rings. The molecule has 0 heterocycles. The molecule has 0 aromatic heterocycles. The van der Waals surface area contributed by atoms with Crippen LogP contribution in [0.25, 0.3) is 0 Å². The number of hydrogen-bond donors (Lipinski definition) is 1. The average Bonchev–Trinajstić information content (AvgIpc) is 2.88. The second-order valence-electron chi connectivity index (χ2n) is 3.50. The van der Waals surface area contributed by atoms with Gasteiger partial charge in [0.1, 0.15) is 0 Å². The van der Waals surface area contributed by atoms with Crippen LogP contribution in [-0.4, -0.2) is 12.2 Å². The zero-order valence-corrected chi connectivity index (χ0v) is 9.27. The largest absolute Gasteiger partial charge is 0.494 e. The van der Waals surface area contributed by atoms with E-state index in [1.807, 2.05) is 0 Å². The maximum atomic E-state index is 13.7. The quantitative estimate of drug-likeness (QED) is 0.886. The third-order valence-corrected chi connectivity index (χ3v) is 2.91. The SMILES string of the molecule is COc1cc(Br)cc(C2(O)CC2)c1F. The van der Waals surface area contributed by atoms with Gasteiger partial charge in [0.15, 0.2) is 11.6 Å². The summed E-state index contributed by atoms with van der Waals surface area (Å²) < 4.78 is 19.3. The highest BCUT2D eigenvalue weighted by molar-refractivity contribution is 9.10. The van der Waals surface area contributed by atoms with Crippen LogP contribution < -0.4 is 4.74 Å². The van der Waals surface area contributed by atoms with Crippen molar-refractivity contribution < 1.29 is 14.2 Å². The second kappa shape index (κ2) is 3.21. The van der Waals surface area contributed by atoms with Gasteiger partial charge in [-0.05, 0) is 25.0 Å². The topological polar surface area (TPSA) is 29.5 Å². The van der Waals surface area contributed by atoms with E-state index in [4.69, 9.17) is 4.74 Å². The second-order valence-corrected chi connectivity index (χ2v) is 4.42. The van der Waals surface area contributed by atoms with Gasteiger partial charge in [0, 0.05) is 10.0 Å². The van der Waals surface area contributed by atoms with Gasteiger partial charge in [-0.25, -0.2) is 4.39 Å². The Hall–Kier alpha value is -0.610. The van der Waals surface area contributed by atoms with E-state index < -0.39 is 11.4 Å². The van der Waals surface area contributed by atoms with E-state index in [9.17, 15) is 9.50 Å². The Labute approximate surface area is 89.8 Å². The third kappa shape index (κ3) is 1.53. The van der Waals surface area contributed by atoms with E-state index in [2.05, 4.69) is 15.9 Å². The predicted octanol–water partition coefficient (Wildman–Crippen LogP) is 2.58. The summed E-state index contributed by atoms with van der Waals surface area (Å²) in [4.78, 5) is 0. The van der Waals surface area contributed by atoms with Gasteiger partial charge >= 0.3 is 0 Å². The molecule has 2 nitrogen and oxygen atoms in total. The molecule has 0 amide bonds. The van der Waals surface area contributed by atoms with E-state index in [1.54, 1.807) is 12.1 Å². The summed E-state index contributed by atoms with van der Waals surface area (Å²) in [6.45, 7) is 0. The average molecular weight is 261 g/mol. The number of hydrogen-bond acceptors (Lipinski definition) is 2. The normalized spacial score (nSPS) is 18.0. The Kier molecular flexibility index (Phi) is 2.27. The molecule has 0 atom stereocenters. The Morgan fingerprint density at radius 2 is 2.14 bits per heavy atom. The lowest BCUT2D eigenvalue weighted by Crippen LogP contribution is -2.08. The molecule has 1 aromatic rings. The van der Waals surface area contributed by atoms with Crippen molar-refractivity contribution in [2.75, 3.05) is 7.11 Å². The van der Waals surface area contributed by atoms with Crippen LogP contribution >= 0.6 is 15.9 Å². The van der Waals surface area contributed by atoms with Crippen LogP contribution in [0.4, 0.5) is 4.39 Å². The molecule has 0 unspecified atom stereocenters. The molecule has 76 valence electrons. The van der Waals surface area contributed by atoms with Crippen LogP contribution in [0.5, 0.6) is 5.75 Å². The molecular formula is C10H10BrFO2. The van der Waals surface area contributed by atoms with Gasteiger partial charge in [0.25, 0.3) is 0 Å². The van der Waals surface area contributed by atoms with Gasteiger partial charge in [-0.1, -0.05) is 15.9 Å². The fourth-order valence-electron chi connectivity index (χ4n) is 1.44. The molecule has 1 aliphatic carbocycles. The molecule has 14 heavy (non-hydrogen) atoms. The predicted molar refractivity (Wildman–Crippen MR) is 53.8 cm³/mol. The van der Waals surface area contributed by atoms with Crippen LogP contribution in [0.2, 0.25) is 0 Å². The zero-order valence-electron chi connectivity index (χ0n) is 7.68. The van der Waals surface area contributed by atoms with E-state index in [1.165, 1.54) is 7.11 Å². The van der Waals surface area contributed by atoms with E-state index >= 15 is 0 Å². The number of rotatable bonds is 2. The van der Waals surface area contributed by atoms with Gasteiger partial charge in [0.2, 0.25) is 0 Å². The molecule has 0 saturated heterocycles. The highest BCUT2D eigenvalue weighted by atomic mass is 79.9. The molecule has 0 spiro atoms. The fraction of sp³-hybridized carbons (Fsp3) is 0.400. The van der Waals surface area contributed by atoms with Crippen molar-refractivity contribution >= 4 is 15.9 Å². The van der Waals surface area contributed by atoms with Gasteiger partial charge in [0.05, 0.1) is 12.7 Å². The first-order valence-corrected chi connectivity index (χ1v) is 5.12. The van der Waals surface area contributed by atoms with Crippen LogP contribution in [0.1, 0.15) is 18.4 Å². The minimum absolute atomic E-state index is 0.162. The standard InChI is InChI=1S/C10H10BrFO2/c1-14-8-5-6(11)4-7(9(8)12)10(13)2-3-10/h4-5,13H,2-3H2,1H3. The van der Waals surface area contributed by atoms with E-state index in [0.717, 1.165) is 0 Å². The summed E-state index contributed by atoms with van der Waals surface area (Å²) in [5, 5.41) is 9.81. The molecule has 0 aliphatic heterocycles. The van der Waals surface area contributed by atoms with Crippen molar-refractivity contribution in [2.24, 2.45) is 0 Å². The minimum Gasteiger partial charge on any atom is -0.494 e. The number of halogens is 2. The number of methoxy groups -OCH3 is 1. The smallest absolute Gasteiger partial charge is 0.171 e. The molecule has 1 saturated carbocycles. The monoisotopic (exact) mass is 260 g/mol. The molecule has 0 bridgehead atoms. The highest BCUT2D eigenvalue weighted by Crippen LogP contribution is 2.48. The molecule has 0 radical (unpaired) electrons. The summed E-state index contributed by atoms with van der Waals surface area (Å²) in [5.41, 5.74) is -0.648.